The second kappa shape index (κ2) is 8.41. The summed E-state index contributed by atoms with van der Waals surface area (Å²) in [7, 11) is 2.99. The van der Waals surface area contributed by atoms with Gasteiger partial charge in [0.15, 0.2) is 0 Å². The van der Waals surface area contributed by atoms with Crippen molar-refractivity contribution in [2.45, 2.75) is 6.04 Å². The Hall–Kier alpha value is -2.90. The zero-order chi connectivity index (χ0) is 20.3. The van der Waals surface area contributed by atoms with Gasteiger partial charge in [-0.1, -0.05) is 11.6 Å². The van der Waals surface area contributed by atoms with Crippen LogP contribution in [0.4, 0.5) is 0 Å². The van der Waals surface area contributed by atoms with Gasteiger partial charge in [-0.25, -0.2) is 0 Å². The molecular weight excluding hydrogens is 384 g/mol. The van der Waals surface area contributed by atoms with Crippen molar-refractivity contribution in [1.82, 2.24) is 9.88 Å². The van der Waals surface area contributed by atoms with Crippen molar-refractivity contribution >= 4 is 29.1 Å². The molecule has 1 aliphatic rings. The number of rotatable bonds is 6. The third-order valence-corrected chi connectivity index (χ3v) is 4.82. The minimum absolute atomic E-state index is 0.00598. The average Bonchev–Trinajstić information content (AvgIpc) is 2.97. The number of nitrogens with zero attached hydrogens (tertiary/aromatic N) is 2. The van der Waals surface area contributed by atoms with Crippen molar-refractivity contribution in [3.63, 3.8) is 0 Å². The highest BCUT2D eigenvalue weighted by Gasteiger charge is 2.45. The summed E-state index contributed by atoms with van der Waals surface area (Å²) in [6, 6.07) is 7.29. The maximum absolute atomic E-state index is 12.8. The normalized spacial score (nSPS) is 18.5. The number of aliphatic hydroxyl groups is 1. The first-order valence-corrected chi connectivity index (χ1v) is 8.88. The van der Waals surface area contributed by atoms with Gasteiger partial charge in [-0.05, 0) is 35.9 Å². The third kappa shape index (κ3) is 3.58. The Bertz CT molecular complexity index is 929. The predicted octanol–water partition coefficient (Wildman–Crippen LogP) is 2.81. The smallest absolute Gasteiger partial charge is 0.295 e. The van der Waals surface area contributed by atoms with E-state index in [0.29, 0.717) is 16.9 Å². The van der Waals surface area contributed by atoms with Crippen LogP contribution in [0.25, 0.3) is 5.76 Å². The second-order valence-corrected chi connectivity index (χ2v) is 6.52. The minimum atomic E-state index is -0.762. The Balaban J connectivity index is 2.15. The number of ether oxygens (including phenoxy) is 2. The molecule has 1 N–H and O–H groups in total. The number of pyridine rings is 1. The maximum Gasteiger partial charge on any atom is 0.295 e. The molecule has 0 saturated carbocycles. The fourth-order valence-corrected chi connectivity index (χ4v) is 3.42. The van der Waals surface area contributed by atoms with E-state index in [2.05, 4.69) is 4.98 Å². The molecule has 1 aromatic carbocycles. The van der Waals surface area contributed by atoms with Gasteiger partial charge in [0.05, 0.1) is 30.4 Å². The summed E-state index contributed by atoms with van der Waals surface area (Å²) in [4.78, 5) is 30.7. The number of halogens is 1. The lowest BCUT2D eigenvalue weighted by molar-refractivity contribution is -0.140. The fourth-order valence-electron chi connectivity index (χ4n) is 3.16. The molecule has 146 valence electrons. The van der Waals surface area contributed by atoms with Gasteiger partial charge in [0.25, 0.3) is 11.7 Å². The molecule has 1 saturated heterocycles. The Kier molecular flexibility index (Phi) is 5.96. The number of aliphatic hydroxyl groups excluding tert-OH is 1. The summed E-state index contributed by atoms with van der Waals surface area (Å²) < 4.78 is 10.2. The first kappa shape index (κ1) is 19.9. The summed E-state index contributed by atoms with van der Waals surface area (Å²) in [5, 5.41) is 11.2. The fraction of sp³-hybridized carbons (Fsp3) is 0.250. The van der Waals surface area contributed by atoms with Crippen LogP contribution >= 0.6 is 11.6 Å². The summed E-state index contributed by atoms with van der Waals surface area (Å²) >= 11 is 6.15. The molecule has 2 aromatic rings. The van der Waals surface area contributed by atoms with E-state index in [-0.39, 0.29) is 29.5 Å². The van der Waals surface area contributed by atoms with Crippen molar-refractivity contribution in [3.05, 3.63) is 64.4 Å². The molecule has 1 fully saturated rings. The summed E-state index contributed by atoms with van der Waals surface area (Å²) in [5.41, 5.74) is 0.967. The van der Waals surface area contributed by atoms with Crippen molar-refractivity contribution in [1.29, 1.82) is 0 Å². The van der Waals surface area contributed by atoms with Crippen molar-refractivity contribution in [2.24, 2.45) is 0 Å². The number of amides is 1. The molecule has 28 heavy (non-hydrogen) atoms. The highest BCUT2D eigenvalue weighted by molar-refractivity contribution is 6.46. The zero-order valence-corrected chi connectivity index (χ0v) is 16.1. The summed E-state index contributed by atoms with van der Waals surface area (Å²) in [5.74, 6) is -1.32. The quantitative estimate of drug-likeness (QED) is 0.454. The number of carbonyl (C=O) groups excluding carboxylic acids is 2. The zero-order valence-electron chi connectivity index (χ0n) is 15.4. The first-order valence-electron chi connectivity index (χ1n) is 8.50. The van der Waals surface area contributed by atoms with E-state index in [1.54, 1.807) is 36.7 Å². The molecule has 0 bridgehead atoms. The average molecular weight is 403 g/mol. The molecular formula is C20H19ClN2O5. The van der Waals surface area contributed by atoms with E-state index in [1.165, 1.54) is 25.2 Å². The number of carbonyl (C=O) groups is 2. The Labute approximate surface area is 167 Å². The molecule has 8 heteroatoms. The van der Waals surface area contributed by atoms with Crippen LogP contribution in [0.2, 0.25) is 5.02 Å². The van der Waals surface area contributed by atoms with Crippen molar-refractivity contribution < 1.29 is 24.2 Å². The van der Waals surface area contributed by atoms with Gasteiger partial charge in [0, 0.05) is 31.6 Å². The molecule has 0 spiro atoms. The maximum atomic E-state index is 12.8. The molecule has 1 amide bonds. The molecule has 1 aliphatic heterocycles. The lowest BCUT2D eigenvalue weighted by Gasteiger charge is -2.24. The monoisotopic (exact) mass is 402 g/mol. The van der Waals surface area contributed by atoms with Crippen LogP contribution in [0, 0.1) is 0 Å². The number of Topliss-reactive ketones (excluding diaryl/α,β-unsaturated/α-hetero) is 1. The standard InChI is InChI=1S/C20H19ClN2O5/c1-27-10-9-23-17(12-5-7-22-8-6-12)16(19(25)20(23)26)18(24)13-3-4-15(28-2)14(21)11-13/h3-8,11,17,24H,9-10H2,1-2H3/b18-16-. The SMILES string of the molecule is COCCN1C(=O)C(=O)/C(=C(\O)c2ccc(OC)c(Cl)c2)C1c1ccncc1. The van der Waals surface area contributed by atoms with Gasteiger partial charge in [0.2, 0.25) is 0 Å². The second-order valence-electron chi connectivity index (χ2n) is 6.12. The Morgan fingerprint density at radius 2 is 1.93 bits per heavy atom. The van der Waals surface area contributed by atoms with Crippen LogP contribution < -0.4 is 4.74 Å². The van der Waals surface area contributed by atoms with Gasteiger partial charge in [-0.15, -0.1) is 0 Å². The van der Waals surface area contributed by atoms with E-state index < -0.39 is 17.7 Å². The molecule has 3 rings (SSSR count). The van der Waals surface area contributed by atoms with Crippen LogP contribution in [0.15, 0.2) is 48.3 Å². The van der Waals surface area contributed by atoms with Crippen LogP contribution in [-0.4, -0.2) is 54.1 Å². The number of hydrogen-bond donors (Lipinski definition) is 1. The lowest BCUT2D eigenvalue weighted by Crippen LogP contribution is -2.32. The molecule has 7 nitrogen and oxygen atoms in total. The number of hydrogen-bond acceptors (Lipinski definition) is 6. The minimum Gasteiger partial charge on any atom is -0.507 e. The highest BCUT2D eigenvalue weighted by Crippen LogP contribution is 2.39. The lowest BCUT2D eigenvalue weighted by atomic mass is 9.96. The van der Waals surface area contributed by atoms with Crippen LogP contribution in [0.3, 0.4) is 0 Å². The van der Waals surface area contributed by atoms with E-state index in [1.807, 2.05) is 0 Å². The van der Waals surface area contributed by atoms with Crippen LogP contribution in [-0.2, 0) is 14.3 Å². The van der Waals surface area contributed by atoms with Crippen LogP contribution in [0.1, 0.15) is 17.2 Å². The Morgan fingerprint density at radius 3 is 2.54 bits per heavy atom. The number of ketones is 1. The topological polar surface area (TPSA) is 89.0 Å². The molecule has 1 unspecified atom stereocenters. The molecule has 1 aromatic heterocycles. The largest absolute Gasteiger partial charge is 0.507 e. The number of benzene rings is 1. The van der Waals surface area contributed by atoms with E-state index in [4.69, 9.17) is 21.1 Å². The summed E-state index contributed by atoms with van der Waals surface area (Å²) in [6.07, 6.45) is 3.13. The van der Waals surface area contributed by atoms with Gasteiger partial charge < -0.3 is 19.5 Å². The van der Waals surface area contributed by atoms with E-state index in [0.717, 1.165) is 0 Å². The summed E-state index contributed by atoms with van der Waals surface area (Å²) in [6.45, 7) is 0.456. The molecule has 0 radical (unpaired) electrons. The third-order valence-electron chi connectivity index (χ3n) is 4.52. The van der Waals surface area contributed by atoms with Gasteiger partial charge in [-0.2, -0.15) is 0 Å². The molecule has 2 heterocycles. The van der Waals surface area contributed by atoms with Crippen LogP contribution in [0.5, 0.6) is 5.75 Å². The van der Waals surface area contributed by atoms with Gasteiger partial charge in [-0.3, -0.25) is 14.6 Å². The van der Waals surface area contributed by atoms with E-state index in [9.17, 15) is 14.7 Å². The van der Waals surface area contributed by atoms with Crippen molar-refractivity contribution in [2.75, 3.05) is 27.4 Å². The Morgan fingerprint density at radius 1 is 1.21 bits per heavy atom. The number of likely N-dealkylation sites (tertiary alicyclic amines) is 1. The van der Waals surface area contributed by atoms with Crippen molar-refractivity contribution in [3.8, 4) is 5.75 Å². The van der Waals surface area contributed by atoms with Gasteiger partial charge >= 0.3 is 0 Å². The number of aromatic nitrogens is 1. The van der Waals surface area contributed by atoms with E-state index >= 15 is 0 Å². The number of methoxy groups -OCH3 is 2. The molecule has 1 atom stereocenters. The highest BCUT2D eigenvalue weighted by atomic mass is 35.5. The predicted molar refractivity (Wildman–Crippen MR) is 103 cm³/mol. The molecule has 0 aliphatic carbocycles. The first-order chi connectivity index (χ1) is 13.5. The van der Waals surface area contributed by atoms with Gasteiger partial charge in [0.1, 0.15) is 11.5 Å².